The zero-order valence-electron chi connectivity index (χ0n) is 18.7. The predicted molar refractivity (Wildman–Crippen MR) is 133 cm³/mol. The molecule has 2 amide bonds. The van der Waals surface area contributed by atoms with Crippen LogP contribution >= 0.6 is 11.3 Å². The number of para-hydroxylation sites is 1. The Bertz CT molecular complexity index is 1380. The lowest BCUT2D eigenvalue weighted by Gasteiger charge is -2.23. The molecule has 5 rings (SSSR count). The van der Waals surface area contributed by atoms with Crippen LogP contribution in [0.1, 0.15) is 25.7 Å². The molecule has 0 unspecified atom stereocenters. The molecule has 3 aromatic heterocycles. The predicted octanol–water partition coefficient (Wildman–Crippen LogP) is 4.44. The van der Waals surface area contributed by atoms with Crippen molar-refractivity contribution in [1.82, 2.24) is 15.3 Å². The van der Waals surface area contributed by atoms with E-state index in [4.69, 9.17) is 4.74 Å². The largest absolute Gasteiger partial charge is 0.481 e. The van der Waals surface area contributed by atoms with E-state index in [9.17, 15) is 9.59 Å². The number of ether oxygens (including phenoxy) is 1. The van der Waals surface area contributed by atoms with Gasteiger partial charge in [-0.1, -0.05) is 24.3 Å². The molecule has 170 valence electrons. The van der Waals surface area contributed by atoms with Gasteiger partial charge in [0.25, 0.3) is 11.8 Å². The van der Waals surface area contributed by atoms with Gasteiger partial charge in [0, 0.05) is 41.9 Å². The smallest absolute Gasteiger partial charge is 0.276 e. The number of anilines is 1. The highest BCUT2D eigenvalue weighted by atomic mass is 32.1. The third kappa shape index (κ3) is 3.92. The number of thiophene rings is 1. The molecule has 0 bridgehead atoms. The van der Waals surface area contributed by atoms with Gasteiger partial charge in [-0.2, -0.15) is 0 Å². The minimum absolute atomic E-state index is 0.0995. The molecule has 34 heavy (non-hydrogen) atoms. The van der Waals surface area contributed by atoms with E-state index in [1.165, 1.54) is 11.3 Å². The molecule has 1 aliphatic rings. The Morgan fingerprint density at radius 1 is 1.09 bits per heavy atom. The van der Waals surface area contributed by atoms with Crippen LogP contribution in [0.2, 0.25) is 0 Å². The first-order valence-electron chi connectivity index (χ1n) is 10.8. The summed E-state index contributed by atoms with van der Waals surface area (Å²) in [6.45, 7) is 0.489. The molecule has 4 heterocycles. The van der Waals surface area contributed by atoms with Gasteiger partial charge in [-0.05, 0) is 42.3 Å². The van der Waals surface area contributed by atoms with Gasteiger partial charge < -0.3 is 15.0 Å². The minimum Gasteiger partial charge on any atom is -0.481 e. The Balaban J connectivity index is 1.50. The number of carbonyl (C=O) groups is 2. The standard InChI is InChI=1S/C26H22N4O3S/c1-27-25(31)22-14-16-12-13-30(21-9-4-3-6-18(21)24(16)34-22)26(32)20-8-5-7-19(29-20)17-10-11-23(33-2)28-15-17/h3-11,14-15H,12-13H2,1-2H3,(H,27,31). The number of rotatable bonds is 4. The summed E-state index contributed by atoms with van der Waals surface area (Å²) in [4.78, 5) is 38.2. The maximum atomic E-state index is 13.7. The highest BCUT2D eigenvalue weighted by Gasteiger charge is 2.28. The highest BCUT2D eigenvalue weighted by Crippen LogP contribution is 2.41. The maximum Gasteiger partial charge on any atom is 0.276 e. The fourth-order valence-electron chi connectivity index (χ4n) is 4.05. The lowest BCUT2D eigenvalue weighted by molar-refractivity contribution is 0.0963. The first kappa shape index (κ1) is 21.8. The van der Waals surface area contributed by atoms with Crippen LogP contribution in [0.5, 0.6) is 5.88 Å². The first-order chi connectivity index (χ1) is 16.6. The van der Waals surface area contributed by atoms with Crippen molar-refractivity contribution in [2.24, 2.45) is 0 Å². The van der Waals surface area contributed by atoms with Crippen LogP contribution in [0.4, 0.5) is 5.69 Å². The van der Waals surface area contributed by atoms with Crippen LogP contribution in [0.15, 0.2) is 66.9 Å². The first-order valence-corrected chi connectivity index (χ1v) is 11.6. The Labute approximate surface area is 201 Å². The zero-order valence-corrected chi connectivity index (χ0v) is 19.6. The zero-order chi connectivity index (χ0) is 23.7. The number of hydrogen-bond acceptors (Lipinski definition) is 6. The van der Waals surface area contributed by atoms with E-state index in [0.29, 0.717) is 35.1 Å². The quantitative estimate of drug-likeness (QED) is 0.477. The van der Waals surface area contributed by atoms with Gasteiger partial charge in [-0.15, -0.1) is 11.3 Å². The number of carbonyl (C=O) groups excluding carboxylic acids is 2. The SMILES string of the molecule is CNC(=O)c1cc2c(s1)-c1ccccc1N(C(=O)c1cccc(-c3ccc(OC)nc3)n1)CC2. The molecule has 0 fully saturated rings. The Morgan fingerprint density at radius 2 is 1.94 bits per heavy atom. The van der Waals surface area contributed by atoms with Crippen LogP contribution < -0.4 is 15.0 Å². The molecule has 1 N–H and O–H groups in total. The summed E-state index contributed by atoms with van der Waals surface area (Å²) in [7, 11) is 3.20. The van der Waals surface area contributed by atoms with E-state index in [1.54, 1.807) is 37.4 Å². The third-order valence-electron chi connectivity index (χ3n) is 5.76. The minimum atomic E-state index is -0.169. The summed E-state index contributed by atoms with van der Waals surface area (Å²) in [6.07, 6.45) is 2.32. The normalized spacial score (nSPS) is 12.4. The molecule has 8 heteroatoms. The second kappa shape index (κ2) is 9.07. The van der Waals surface area contributed by atoms with Crippen molar-refractivity contribution in [2.45, 2.75) is 6.42 Å². The second-order valence-corrected chi connectivity index (χ2v) is 8.82. The summed E-state index contributed by atoms with van der Waals surface area (Å²) < 4.78 is 5.12. The third-order valence-corrected chi connectivity index (χ3v) is 6.97. The average molecular weight is 471 g/mol. The average Bonchev–Trinajstić information content (AvgIpc) is 3.26. The molecule has 7 nitrogen and oxygen atoms in total. The number of pyridine rings is 2. The molecule has 0 saturated carbocycles. The van der Waals surface area contributed by atoms with E-state index < -0.39 is 0 Å². The number of benzene rings is 1. The van der Waals surface area contributed by atoms with Gasteiger partial charge in [0.15, 0.2) is 0 Å². The number of hydrogen-bond donors (Lipinski definition) is 1. The summed E-state index contributed by atoms with van der Waals surface area (Å²) in [5.41, 5.74) is 4.65. The van der Waals surface area contributed by atoms with E-state index in [0.717, 1.165) is 27.3 Å². The summed E-state index contributed by atoms with van der Waals surface area (Å²) in [5, 5.41) is 2.69. The molecule has 1 aliphatic heterocycles. The maximum absolute atomic E-state index is 13.7. The van der Waals surface area contributed by atoms with Crippen molar-refractivity contribution < 1.29 is 14.3 Å². The summed E-state index contributed by atoms with van der Waals surface area (Å²) in [6, 6.07) is 18.8. The van der Waals surface area contributed by atoms with Crippen molar-refractivity contribution in [3.8, 4) is 27.6 Å². The van der Waals surface area contributed by atoms with Gasteiger partial charge in [0.05, 0.1) is 23.4 Å². The molecule has 0 saturated heterocycles. The van der Waals surface area contributed by atoms with Crippen molar-refractivity contribution in [3.05, 3.63) is 83.0 Å². The number of amides is 2. The molecule has 4 aromatic rings. The van der Waals surface area contributed by atoms with E-state index in [1.807, 2.05) is 48.5 Å². The molecular weight excluding hydrogens is 448 g/mol. The van der Waals surface area contributed by atoms with Gasteiger partial charge >= 0.3 is 0 Å². The molecule has 0 spiro atoms. The number of nitrogens with one attached hydrogen (secondary N) is 1. The topological polar surface area (TPSA) is 84.4 Å². The highest BCUT2D eigenvalue weighted by molar-refractivity contribution is 7.17. The van der Waals surface area contributed by atoms with Crippen molar-refractivity contribution in [3.63, 3.8) is 0 Å². The fraction of sp³-hybridized carbons (Fsp3) is 0.154. The lowest BCUT2D eigenvalue weighted by atomic mass is 10.1. The van der Waals surface area contributed by atoms with Gasteiger partial charge in [0.1, 0.15) is 5.69 Å². The van der Waals surface area contributed by atoms with Gasteiger partial charge in [-0.3, -0.25) is 9.59 Å². The monoisotopic (exact) mass is 470 g/mol. The molecule has 1 aromatic carbocycles. The number of aromatic nitrogens is 2. The van der Waals surface area contributed by atoms with Gasteiger partial charge in [0.2, 0.25) is 5.88 Å². The fourth-order valence-corrected chi connectivity index (χ4v) is 5.24. The number of nitrogens with zero attached hydrogens (tertiary/aromatic N) is 3. The number of methoxy groups -OCH3 is 1. The van der Waals surface area contributed by atoms with Crippen LogP contribution in [-0.2, 0) is 6.42 Å². The molecular formula is C26H22N4O3S. The van der Waals surface area contributed by atoms with Crippen LogP contribution in [-0.4, -0.2) is 42.5 Å². The van der Waals surface area contributed by atoms with Crippen LogP contribution in [0.3, 0.4) is 0 Å². The van der Waals surface area contributed by atoms with Crippen molar-refractivity contribution in [2.75, 3.05) is 25.6 Å². The Kier molecular flexibility index (Phi) is 5.81. The summed E-state index contributed by atoms with van der Waals surface area (Å²) in [5.74, 6) is 0.249. The van der Waals surface area contributed by atoms with Crippen molar-refractivity contribution >= 4 is 28.8 Å². The van der Waals surface area contributed by atoms with E-state index in [2.05, 4.69) is 15.3 Å². The van der Waals surface area contributed by atoms with Gasteiger partial charge in [-0.25, -0.2) is 9.97 Å². The lowest BCUT2D eigenvalue weighted by Crippen LogP contribution is -2.33. The second-order valence-electron chi connectivity index (χ2n) is 7.77. The summed E-state index contributed by atoms with van der Waals surface area (Å²) >= 11 is 1.45. The molecule has 0 atom stereocenters. The van der Waals surface area contributed by atoms with Crippen LogP contribution in [0.25, 0.3) is 21.7 Å². The van der Waals surface area contributed by atoms with E-state index >= 15 is 0 Å². The van der Waals surface area contributed by atoms with Crippen LogP contribution in [0, 0.1) is 0 Å². The van der Waals surface area contributed by atoms with Crippen molar-refractivity contribution in [1.29, 1.82) is 0 Å². The Morgan fingerprint density at radius 3 is 2.71 bits per heavy atom. The van der Waals surface area contributed by atoms with E-state index in [-0.39, 0.29) is 11.8 Å². The number of fused-ring (bicyclic) bond motifs is 3. The Hall–Kier alpha value is -4.04. The molecule has 0 radical (unpaired) electrons. The molecule has 0 aliphatic carbocycles.